The molecule has 3 N–H and O–H groups in total. The molecule has 0 aliphatic carbocycles. The van der Waals surface area contributed by atoms with Crippen molar-refractivity contribution in [3.05, 3.63) is 0 Å². The molecule has 0 saturated carbocycles. The van der Waals surface area contributed by atoms with Gasteiger partial charge in [0.05, 0.1) is 29.8 Å². The van der Waals surface area contributed by atoms with E-state index in [1.54, 1.807) is 27.7 Å². The number of carbonyl (C=O) groups is 2. The molecule has 1 saturated heterocycles. The van der Waals surface area contributed by atoms with E-state index in [0.717, 1.165) is 0 Å². The van der Waals surface area contributed by atoms with Crippen LogP contribution in [0.4, 0.5) is 0 Å². The highest BCUT2D eigenvalue weighted by molar-refractivity contribution is 5.83. The number of Topliss-reactive ketones (excluding diaryl/α,β-unsaturated/α-hetero) is 1. The van der Waals surface area contributed by atoms with Crippen molar-refractivity contribution in [2.45, 2.75) is 96.9 Å². The molecule has 1 fully saturated rings. The lowest BCUT2D eigenvalue weighted by Gasteiger charge is -2.43. The van der Waals surface area contributed by atoms with E-state index in [1.165, 1.54) is 28.1 Å². The van der Waals surface area contributed by atoms with Crippen LogP contribution in [0.1, 0.15) is 61.3 Å². The fourth-order valence-electron chi connectivity index (χ4n) is 5.22. The lowest BCUT2D eigenvalue weighted by molar-refractivity contribution is -0.198. The maximum atomic E-state index is 13.1. The maximum absolute atomic E-state index is 13.1. The summed E-state index contributed by atoms with van der Waals surface area (Å²) in [6.45, 7) is 11.4. The van der Waals surface area contributed by atoms with E-state index in [0.29, 0.717) is 0 Å². The third-order valence-electron chi connectivity index (χ3n) is 7.01. The molecule has 31 heavy (non-hydrogen) atoms. The number of hydrogen-bond donors (Lipinski definition) is 3. The molecule has 1 unspecified atom stereocenters. The largest absolute Gasteiger partial charge is 0.459 e. The minimum absolute atomic E-state index is 0.0837. The van der Waals surface area contributed by atoms with Crippen molar-refractivity contribution in [1.29, 1.82) is 0 Å². The summed E-state index contributed by atoms with van der Waals surface area (Å²) in [6.07, 6.45) is -3.51. The van der Waals surface area contributed by atoms with Crippen molar-refractivity contribution in [1.82, 2.24) is 0 Å². The topological polar surface area (TPSA) is 123 Å². The van der Waals surface area contributed by atoms with Gasteiger partial charge in [-0.1, -0.05) is 27.7 Å². The summed E-state index contributed by atoms with van der Waals surface area (Å²) >= 11 is 0. The first-order valence-corrected chi connectivity index (χ1v) is 11.1. The highest BCUT2D eigenvalue weighted by Crippen LogP contribution is 2.35. The number of rotatable bonds is 3. The van der Waals surface area contributed by atoms with E-state index >= 15 is 0 Å². The number of ketones is 1. The van der Waals surface area contributed by atoms with Crippen LogP contribution in [0.15, 0.2) is 0 Å². The molecule has 0 bridgehead atoms. The molecule has 1 aliphatic heterocycles. The van der Waals surface area contributed by atoms with Crippen molar-refractivity contribution in [3.8, 4) is 0 Å². The van der Waals surface area contributed by atoms with Gasteiger partial charge in [-0.05, 0) is 33.6 Å². The average Bonchev–Trinajstić information content (AvgIpc) is 2.69. The van der Waals surface area contributed by atoms with Crippen LogP contribution in [0, 0.1) is 23.7 Å². The van der Waals surface area contributed by atoms with Crippen molar-refractivity contribution in [2.75, 3.05) is 14.2 Å². The number of carbonyl (C=O) groups excluding carboxylic acids is 2. The van der Waals surface area contributed by atoms with Gasteiger partial charge in [-0.15, -0.1) is 0 Å². The minimum Gasteiger partial charge on any atom is -0.459 e. The van der Waals surface area contributed by atoms with E-state index in [9.17, 15) is 24.9 Å². The zero-order valence-electron chi connectivity index (χ0n) is 20.4. The molecule has 0 aromatic heterocycles. The molecule has 8 nitrogen and oxygen atoms in total. The SMILES string of the molecule is CCC1OC(=O)[C@H](C)[C@@H](OC)[C@H](C)[C@@H](OC)[C@](C)(O)C[C@@H](C)C(=O)[C@H](C)[C@@H](O)[C@]1(C)O. The molecule has 8 heteroatoms. The Bertz CT molecular complexity index is 617. The van der Waals surface area contributed by atoms with E-state index in [1.807, 2.05) is 6.92 Å². The van der Waals surface area contributed by atoms with Crippen molar-refractivity contribution in [2.24, 2.45) is 23.7 Å². The van der Waals surface area contributed by atoms with Gasteiger partial charge in [-0.2, -0.15) is 0 Å². The predicted molar refractivity (Wildman–Crippen MR) is 115 cm³/mol. The van der Waals surface area contributed by atoms with Crippen LogP contribution in [-0.4, -0.2) is 76.9 Å². The first-order valence-electron chi connectivity index (χ1n) is 11.1. The molecule has 10 atom stereocenters. The lowest BCUT2D eigenvalue weighted by atomic mass is 9.74. The van der Waals surface area contributed by atoms with Gasteiger partial charge in [-0.25, -0.2) is 0 Å². The van der Waals surface area contributed by atoms with Crippen LogP contribution >= 0.6 is 0 Å². The monoisotopic (exact) mass is 446 g/mol. The van der Waals surface area contributed by atoms with Gasteiger partial charge in [0.1, 0.15) is 17.5 Å². The molecule has 1 heterocycles. The summed E-state index contributed by atoms with van der Waals surface area (Å²) in [5.74, 6) is -3.58. The van der Waals surface area contributed by atoms with Crippen LogP contribution in [0.5, 0.6) is 0 Å². The molecule has 1 rings (SSSR count). The molecule has 0 radical (unpaired) electrons. The fourth-order valence-corrected chi connectivity index (χ4v) is 5.22. The normalized spacial score (nSPS) is 46.3. The minimum atomic E-state index is -1.84. The molecule has 0 amide bonds. The highest BCUT2D eigenvalue weighted by Gasteiger charge is 2.49. The van der Waals surface area contributed by atoms with Gasteiger partial charge in [0.2, 0.25) is 0 Å². The molecular weight excluding hydrogens is 404 g/mol. The van der Waals surface area contributed by atoms with Crippen molar-refractivity contribution in [3.63, 3.8) is 0 Å². The number of aliphatic hydroxyl groups is 3. The lowest BCUT2D eigenvalue weighted by Crippen LogP contribution is -2.57. The summed E-state index contributed by atoms with van der Waals surface area (Å²) < 4.78 is 16.8. The Balaban J connectivity index is 3.53. The molecular formula is C23H42O8. The maximum Gasteiger partial charge on any atom is 0.311 e. The second-order valence-electron chi connectivity index (χ2n) is 9.66. The van der Waals surface area contributed by atoms with Gasteiger partial charge in [0.25, 0.3) is 0 Å². The zero-order valence-corrected chi connectivity index (χ0v) is 20.4. The van der Waals surface area contributed by atoms with E-state index in [2.05, 4.69) is 0 Å². The Morgan fingerprint density at radius 3 is 2.03 bits per heavy atom. The van der Waals surface area contributed by atoms with Gasteiger partial charge in [-0.3, -0.25) is 9.59 Å². The third-order valence-corrected chi connectivity index (χ3v) is 7.01. The summed E-state index contributed by atoms with van der Waals surface area (Å²) in [6, 6.07) is 0. The average molecular weight is 447 g/mol. The standard InChI is InChI=1S/C23H42O8/c1-10-16-23(7,28)19(25)13(3)17(24)12(2)11-22(6,27)20(30-9)14(4)18(29-8)15(5)21(26)31-16/h12-16,18-20,25,27-28H,10-11H2,1-9H3/t12-,13+,14+,15-,16?,18+,19-,20-,22-,23-/m1/s1. The smallest absolute Gasteiger partial charge is 0.311 e. The van der Waals surface area contributed by atoms with Crippen LogP contribution < -0.4 is 0 Å². The molecule has 0 aromatic carbocycles. The second-order valence-corrected chi connectivity index (χ2v) is 9.66. The highest BCUT2D eigenvalue weighted by atomic mass is 16.6. The summed E-state index contributed by atoms with van der Waals surface area (Å²) in [5, 5.41) is 33.2. The summed E-state index contributed by atoms with van der Waals surface area (Å²) in [7, 11) is 2.94. The molecule has 0 aromatic rings. The fraction of sp³-hybridized carbons (Fsp3) is 0.913. The van der Waals surface area contributed by atoms with Gasteiger partial charge < -0.3 is 29.5 Å². The Hall–Kier alpha value is -1.06. The summed E-state index contributed by atoms with van der Waals surface area (Å²) in [5.41, 5.74) is -3.25. The van der Waals surface area contributed by atoms with Crippen LogP contribution in [0.2, 0.25) is 0 Å². The number of hydrogen-bond acceptors (Lipinski definition) is 8. The van der Waals surface area contributed by atoms with Crippen molar-refractivity contribution < 1.29 is 39.1 Å². The zero-order chi connectivity index (χ0) is 24.3. The van der Waals surface area contributed by atoms with Gasteiger partial charge in [0, 0.05) is 32.0 Å². The Kier molecular flexibility index (Phi) is 9.66. The van der Waals surface area contributed by atoms with Crippen LogP contribution in [0.25, 0.3) is 0 Å². The van der Waals surface area contributed by atoms with E-state index in [-0.39, 0.29) is 18.6 Å². The molecule has 1 aliphatic rings. The number of esters is 1. The Labute approximate surface area is 186 Å². The first kappa shape index (κ1) is 28.0. The number of methoxy groups -OCH3 is 2. The molecule has 0 spiro atoms. The Morgan fingerprint density at radius 2 is 1.58 bits per heavy atom. The third kappa shape index (κ3) is 5.85. The second kappa shape index (κ2) is 10.7. The first-order chi connectivity index (χ1) is 14.2. The summed E-state index contributed by atoms with van der Waals surface area (Å²) in [4.78, 5) is 26.0. The van der Waals surface area contributed by atoms with E-state index in [4.69, 9.17) is 14.2 Å². The van der Waals surface area contributed by atoms with Crippen molar-refractivity contribution >= 4 is 11.8 Å². The Morgan fingerprint density at radius 1 is 1.03 bits per heavy atom. The van der Waals surface area contributed by atoms with Gasteiger partial charge in [0.15, 0.2) is 0 Å². The van der Waals surface area contributed by atoms with Crippen LogP contribution in [-0.2, 0) is 23.8 Å². The van der Waals surface area contributed by atoms with Crippen LogP contribution in [0.3, 0.4) is 0 Å². The number of aliphatic hydroxyl groups excluding tert-OH is 1. The molecule has 182 valence electrons. The van der Waals surface area contributed by atoms with E-state index < -0.39 is 65.3 Å². The van der Waals surface area contributed by atoms with Gasteiger partial charge >= 0.3 is 5.97 Å². The quantitative estimate of drug-likeness (QED) is 0.560. The number of cyclic esters (lactones) is 1. The number of ether oxygens (including phenoxy) is 3. The predicted octanol–water partition coefficient (Wildman–Crippen LogP) is 1.72.